The van der Waals surface area contributed by atoms with Crippen LogP contribution in [0.15, 0.2) is 53.5 Å². The van der Waals surface area contributed by atoms with E-state index in [4.69, 9.17) is 0 Å². The van der Waals surface area contributed by atoms with Crippen LogP contribution in [-0.2, 0) is 0 Å². The van der Waals surface area contributed by atoms with E-state index in [2.05, 4.69) is 10.1 Å². The van der Waals surface area contributed by atoms with Gasteiger partial charge in [-0.15, -0.1) is 0 Å². The SMILES string of the molecule is Cc1c(-c2ccccn2)c(=O)[nH]n1-c1ccc(F)cc1. The first kappa shape index (κ1) is 12.3. The van der Waals surface area contributed by atoms with Crippen molar-refractivity contribution in [3.05, 3.63) is 70.5 Å². The molecule has 0 saturated heterocycles. The van der Waals surface area contributed by atoms with E-state index in [0.717, 1.165) is 5.69 Å². The maximum Gasteiger partial charge on any atom is 0.274 e. The highest BCUT2D eigenvalue weighted by molar-refractivity contribution is 5.61. The van der Waals surface area contributed by atoms with Crippen molar-refractivity contribution < 1.29 is 4.39 Å². The molecule has 0 saturated carbocycles. The van der Waals surface area contributed by atoms with Gasteiger partial charge >= 0.3 is 0 Å². The summed E-state index contributed by atoms with van der Waals surface area (Å²) in [6.45, 7) is 1.82. The lowest BCUT2D eigenvalue weighted by molar-refractivity contribution is 0.627. The van der Waals surface area contributed by atoms with Crippen LogP contribution in [0.2, 0.25) is 0 Å². The third-order valence-corrected chi connectivity index (χ3v) is 3.14. The Labute approximate surface area is 114 Å². The van der Waals surface area contributed by atoms with Crippen molar-refractivity contribution in [1.82, 2.24) is 14.8 Å². The van der Waals surface area contributed by atoms with E-state index < -0.39 is 0 Å². The fourth-order valence-electron chi connectivity index (χ4n) is 2.18. The minimum atomic E-state index is -0.314. The summed E-state index contributed by atoms with van der Waals surface area (Å²) >= 11 is 0. The molecule has 0 bridgehead atoms. The first-order valence-corrected chi connectivity index (χ1v) is 6.16. The van der Waals surface area contributed by atoms with Crippen LogP contribution in [0.25, 0.3) is 16.9 Å². The first-order valence-electron chi connectivity index (χ1n) is 6.16. The highest BCUT2D eigenvalue weighted by atomic mass is 19.1. The fraction of sp³-hybridized carbons (Fsp3) is 0.0667. The van der Waals surface area contributed by atoms with Crippen molar-refractivity contribution in [2.75, 3.05) is 0 Å². The Balaban J connectivity index is 2.17. The number of H-pyrrole nitrogens is 1. The smallest absolute Gasteiger partial charge is 0.267 e. The predicted octanol–water partition coefficient (Wildman–Crippen LogP) is 2.68. The topological polar surface area (TPSA) is 50.7 Å². The van der Waals surface area contributed by atoms with Gasteiger partial charge in [0.05, 0.1) is 22.6 Å². The zero-order valence-electron chi connectivity index (χ0n) is 10.8. The Morgan fingerprint density at radius 3 is 2.55 bits per heavy atom. The van der Waals surface area contributed by atoms with Crippen molar-refractivity contribution in [2.45, 2.75) is 6.92 Å². The lowest BCUT2D eigenvalue weighted by atomic mass is 10.1. The van der Waals surface area contributed by atoms with Gasteiger partial charge in [-0.1, -0.05) is 6.07 Å². The average Bonchev–Trinajstić information content (AvgIpc) is 2.76. The summed E-state index contributed by atoms with van der Waals surface area (Å²) < 4.78 is 14.6. The third kappa shape index (κ3) is 2.03. The summed E-state index contributed by atoms with van der Waals surface area (Å²) in [5.74, 6) is -0.314. The monoisotopic (exact) mass is 269 g/mol. The maximum absolute atomic E-state index is 13.0. The van der Waals surface area contributed by atoms with Gasteiger partial charge in [0.15, 0.2) is 0 Å². The number of aromatic nitrogens is 3. The Bertz CT molecular complexity index is 788. The van der Waals surface area contributed by atoms with Gasteiger partial charge in [0.25, 0.3) is 5.56 Å². The number of aromatic amines is 1. The zero-order chi connectivity index (χ0) is 14.1. The number of hydrogen-bond acceptors (Lipinski definition) is 2. The number of hydrogen-bond donors (Lipinski definition) is 1. The maximum atomic E-state index is 13.0. The second-order valence-corrected chi connectivity index (χ2v) is 4.43. The lowest BCUT2D eigenvalue weighted by Crippen LogP contribution is -2.05. The van der Waals surface area contributed by atoms with E-state index >= 15 is 0 Å². The second kappa shape index (κ2) is 4.77. The molecule has 0 aliphatic rings. The summed E-state index contributed by atoms with van der Waals surface area (Å²) in [6, 6.07) is 11.3. The normalized spacial score (nSPS) is 10.7. The van der Waals surface area contributed by atoms with Crippen LogP contribution in [0, 0.1) is 12.7 Å². The predicted molar refractivity (Wildman–Crippen MR) is 74.3 cm³/mol. The van der Waals surface area contributed by atoms with E-state index in [0.29, 0.717) is 16.9 Å². The molecule has 0 unspecified atom stereocenters. The van der Waals surface area contributed by atoms with Gasteiger partial charge in [-0.25, -0.2) is 4.39 Å². The molecule has 5 heteroatoms. The van der Waals surface area contributed by atoms with Crippen LogP contribution < -0.4 is 5.56 Å². The van der Waals surface area contributed by atoms with Crippen LogP contribution in [0.3, 0.4) is 0 Å². The summed E-state index contributed by atoms with van der Waals surface area (Å²) in [7, 11) is 0. The second-order valence-electron chi connectivity index (χ2n) is 4.43. The van der Waals surface area contributed by atoms with E-state index in [1.807, 2.05) is 13.0 Å². The molecule has 100 valence electrons. The molecule has 0 aliphatic carbocycles. The quantitative estimate of drug-likeness (QED) is 0.777. The molecule has 1 aromatic carbocycles. The highest BCUT2D eigenvalue weighted by Crippen LogP contribution is 2.19. The van der Waals surface area contributed by atoms with Crippen LogP contribution >= 0.6 is 0 Å². The molecule has 0 atom stereocenters. The van der Waals surface area contributed by atoms with E-state index in [1.54, 1.807) is 35.1 Å². The van der Waals surface area contributed by atoms with Gasteiger partial charge in [-0.2, -0.15) is 0 Å². The van der Waals surface area contributed by atoms with Crippen LogP contribution in [-0.4, -0.2) is 14.8 Å². The van der Waals surface area contributed by atoms with Gasteiger partial charge in [-0.3, -0.25) is 19.6 Å². The standard InChI is InChI=1S/C15H12FN3O/c1-10-14(13-4-2-3-9-17-13)15(20)18-19(10)12-7-5-11(16)6-8-12/h2-9H,1H3,(H,18,20). The molecule has 4 nitrogen and oxygen atoms in total. The lowest BCUT2D eigenvalue weighted by Gasteiger charge is -2.05. The summed E-state index contributed by atoms with van der Waals surface area (Å²) in [5.41, 5.74) is 2.36. The Morgan fingerprint density at radius 1 is 1.15 bits per heavy atom. The van der Waals surface area contributed by atoms with Crippen molar-refractivity contribution in [1.29, 1.82) is 0 Å². The summed E-state index contributed by atoms with van der Waals surface area (Å²) in [6.07, 6.45) is 1.64. The molecule has 0 fully saturated rings. The van der Waals surface area contributed by atoms with Crippen molar-refractivity contribution in [3.8, 4) is 16.9 Å². The molecule has 20 heavy (non-hydrogen) atoms. The average molecular weight is 269 g/mol. The van der Waals surface area contributed by atoms with E-state index in [-0.39, 0.29) is 11.4 Å². The molecule has 0 amide bonds. The van der Waals surface area contributed by atoms with Crippen LogP contribution in [0.1, 0.15) is 5.69 Å². The van der Waals surface area contributed by atoms with Crippen molar-refractivity contribution >= 4 is 0 Å². The summed E-state index contributed by atoms with van der Waals surface area (Å²) in [5, 5.41) is 2.75. The van der Waals surface area contributed by atoms with Crippen molar-refractivity contribution in [3.63, 3.8) is 0 Å². The molecule has 2 aromatic heterocycles. The minimum absolute atomic E-state index is 0.217. The minimum Gasteiger partial charge on any atom is -0.267 e. The number of rotatable bonds is 2. The molecule has 0 radical (unpaired) electrons. The van der Waals surface area contributed by atoms with Crippen molar-refractivity contribution in [2.24, 2.45) is 0 Å². The first-order chi connectivity index (χ1) is 9.66. The van der Waals surface area contributed by atoms with E-state index in [1.165, 1.54) is 12.1 Å². The van der Waals surface area contributed by atoms with Gasteiger partial charge in [0.1, 0.15) is 5.82 Å². The third-order valence-electron chi connectivity index (χ3n) is 3.14. The van der Waals surface area contributed by atoms with Gasteiger partial charge in [0, 0.05) is 6.20 Å². The molecular weight excluding hydrogens is 257 g/mol. The Kier molecular flexibility index (Phi) is 2.95. The van der Waals surface area contributed by atoms with Crippen LogP contribution in [0.5, 0.6) is 0 Å². The molecule has 3 rings (SSSR count). The molecular formula is C15H12FN3O. The zero-order valence-corrected chi connectivity index (χ0v) is 10.8. The molecule has 0 spiro atoms. The Morgan fingerprint density at radius 2 is 1.90 bits per heavy atom. The fourth-order valence-corrected chi connectivity index (χ4v) is 2.18. The number of nitrogens with zero attached hydrogens (tertiary/aromatic N) is 2. The van der Waals surface area contributed by atoms with Gasteiger partial charge in [0.2, 0.25) is 0 Å². The number of nitrogens with one attached hydrogen (secondary N) is 1. The molecule has 0 aliphatic heterocycles. The van der Waals surface area contributed by atoms with Gasteiger partial charge in [-0.05, 0) is 43.3 Å². The van der Waals surface area contributed by atoms with Crippen LogP contribution in [0.4, 0.5) is 4.39 Å². The Hall–Kier alpha value is -2.69. The summed E-state index contributed by atoms with van der Waals surface area (Å²) in [4.78, 5) is 16.3. The van der Waals surface area contributed by atoms with Gasteiger partial charge < -0.3 is 0 Å². The number of pyridine rings is 1. The number of benzene rings is 1. The highest BCUT2D eigenvalue weighted by Gasteiger charge is 2.14. The van der Waals surface area contributed by atoms with E-state index in [9.17, 15) is 9.18 Å². The largest absolute Gasteiger partial charge is 0.274 e. The molecule has 3 aromatic rings. The molecule has 2 heterocycles. The molecule has 1 N–H and O–H groups in total. The number of halogens is 1.